The second kappa shape index (κ2) is 4.82. The summed E-state index contributed by atoms with van der Waals surface area (Å²) < 4.78 is 11.8. The number of aliphatic hydroxyl groups is 1. The zero-order chi connectivity index (χ0) is 17.7. The molecular formula is C21H25NO4. The van der Waals surface area contributed by atoms with Crippen LogP contribution in [-0.4, -0.2) is 53.7 Å². The molecule has 2 heterocycles. The number of hydrogen-bond acceptors (Lipinski definition) is 5. The van der Waals surface area contributed by atoms with E-state index in [1.807, 2.05) is 6.07 Å². The average Bonchev–Trinajstić information content (AvgIpc) is 3.37. The van der Waals surface area contributed by atoms with Gasteiger partial charge >= 0.3 is 0 Å². The van der Waals surface area contributed by atoms with E-state index in [1.165, 1.54) is 18.4 Å². The first-order chi connectivity index (χ1) is 12.6. The molecule has 1 unspecified atom stereocenters. The first kappa shape index (κ1) is 15.5. The van der Waals surface area contributed by atoms with Gasteiger partial charge < -0.3 is 14.6 Å². The van der Waals surface area contributed by atoms with E-state index in [9.17, 15) is 9.90 Å². The third kappa shape index (κ3) is 1.63. The number of Topliss-reactive ketones (excluding diaryl/α,β-unsaturated/α-hetero) is 1. The van der Waals surface area contributed by atoms with Crippen LogP contribution in [0.2, 0.25) is 0 Å². The van der Waals surface area contributed by atoms with Crippen molar-refractivity contribution in [2.75, 3.05) is 20.2 Å². The molecule has 26 heavy (non-hydrogen) atoms. The minimum absolute atomic E-state index is 0.0860. The summed E-state index contributed by atoms with van der Waals surface area (Å²) in [7, 11) is 1.64. The Labute approximate surface area is 153 Å². The minimum Gasteiger partial charge on any atom is -0.493 e. The number of ketones is 1. The Morgan fingerprint density at radius 2 is 2.19 bits per heavy atom. The van der Waals surface area contributed by atoms with Gasteiger partial charge in [-0.2, -0.15) is 0 Å². The van der Waals surface area contributed by atoms with E-state index in [0.29, 0.717) is 24.3 Å². The maximum atomic E-state index is 12.8. The number of piperidine rings is 1. The molecule has 138 valence electrons. The van der Waals surface area contributed by atoms with Gasteiger partial charge in [-0.15, -0.1) is 0 Å². The fourth-order valence-corrected chi connectivity index (χ4v) is 6.41. The molecule has 1 N–H and O–H groups in total. The molecule has 1 spiro atoms. The quantitative estimate of drug-likeness (QED) is 0.896. The number of likely N-dealkylation sites (tertiary alicyclic amines) is 1. The molecule has 2 aliphatic heterocycles. The van der Waals surface area contributed by atoms with E-state index in [0.717, 1.165) is 37.4 Å². The lowest BCUT2D eigenvalue weighted by atomic mass is 9.49. The summed E-state index contributed by atoms with van der Waals surface area (Å²) in [6.45, 7) is 2.02. The van der Waals surface area contributed by atoms with Crippen molar-refractivity contribution >= 4 is 5.78 Å². The highest BCUT2D eigenvalue weighted by Crippen LogP contribution is 2.65. The Kier molecular flexibility index (Phi) is 2.86. The van der Waals surface area contributed by atoms with Crippen LogP contribution in [0.4, 0.5) is 0 Å². The molecule has 3 aliphatic carbocycles. The molecule has 0 radical (unpaired) electrons. The summed E-state index contributed by atoms with van der Waals surface area (Å²) in [5.41, 5.74) is 0.821. The number of benzene rings is 1. The smallest absolute Gasteiger partial charge is 0.174 e. The van der Waals surface area contributed by atoms with E-state index < -0.39 is 17.1 Å². The Morgan fingerprint density at radius 3 is 2.96 bits per heavy atom. The standard InChI is InChI=1S/C21H25NO4/c1-25-15-5-4-13-10-16-21(24)7-6-14(23)19-20(21,17(13)18(15)26-19)8-9-22(16)11-12-2-3-12/h4-5,12,16,19,24H,2-3,6-11H2,1H3/t16-,19?,20+,21-/m1/s1. The number of methoxy groups -OCH3 is 1. The summed E-state index contributed by atoms with van der Waals surface area (Å²) >= 11 is 0. The van der Waals surface area contributed by atoms with Crippen molar-refractivity contribution < 1.29 is 19.4 Å². The monoisotopic (exact) mass is 355 g/mol. The highest BCUT2D eigenvalue weighted by Gasteiger charge is 2.73. The van der Waals surface area contributed by atoms with Crippen molar-refractivity contribution in [3.63, 3.8) is 0 Å². The van der Waals surface area contributed by atoms with E-state index in [1.54, 1.807) is 7.11 Å². The Hall–Kier alpha value is -1.59. The Balaban J connectivity index is 1.57. The molecule has 5 heteroatoms. The van der Waals surface area contributed by atoms with Gasteiger partial charge in [0.05, 0.1) is 18.1 Å². The van der Waals surface area contributed by atoms with Crippen molar-refractivity contribution in [1.29, 1.82) is 0 Å². The van der Waals surface area contributed by atoms with Crippen LogP contribution in [-0.2, 0) is 16.6 Å². The number of nitrogens with zero attached hydrogens (tertiary/aromatic N) is 1. The molecule has 0 aromatic heterocycles. The lowest BCUT2D eigenvalue weighted by Gasteiger charge is -2.62. The summed E-state index contributed by atoms with van der Waals surface area (Å²) in [6.07, 6.45) is 4.65. The maximum absolute atomic E-state index is 12.8. The number of carbonyl (C=O) groups excluding carboxylic acids is 1. The highest BCUT2D eigenvalue weighted by atomic mass is 16.5. The molecule has 1 aromatic carbocycles. The third-order valence-electron chi connectivity index (χ3n) is 7.76. The van der Waals surface area contributed by atoms with Gasteiger partial charge in [-0.1, -0.05) is 6.07 Å². The summed E-state index contributed by atoms with van der Waals surface area (Å²) in [6, 6.07) is 4.16. The molecule has 3 fully saturated rings. The maximum Gasteiger partial charge on any atom is 0.174 e. The van der Waals surface area contributed by atoms with Gasteiger partial charge in [0.15, 0.2) is 23.4 Å². The first-order valence-corrected chi connectivity index (χ1v) is 9.94. The van der Waals surface area contributed by atoms with Crippen molar-refractivity contribution in [2.24, 2.45) is 5.92 Å². The van der Waals surface area contributed by atoms with E-state index in [2.05, 4.69) is 11.0 Å². The zero-order valence-corrected chi connectivity index (χ0v) is 15.2. The van der Waals surface area contributed by atoms with E-state index in [4.69, 9.17) is 9.47 Å². The van der Waals surface area contributed by atoms with Crippen LogP contribution in [0.1, 0.15) is 43.2 Å². The number of rotatable bonds is 3. The largest absolute Gasteiger partial charge is 0.493 e. The van der Waals surface area contributed by atoms with E-state index in [-0.39, 0.29) is 11.8 Å². The van der Waals surface area contributed by atoms with Crippen LogP contribution < -0.4 is 9.47 Å². The molecule has 1 saturated heterocycles. The second-order valence-electron chi connectivity index (χ2n) is 8.90. The van der Waals surface area contributed by atoms with Gasteiger partial charge in [-0.25, -0.2) is 0 Å². The molecule has 1 aromatic rings. The summed E-state index contributed by atoms with van der Waals surface area (Å²) in [5, 5.41) is 12.1. The van der Waals surface area contributed by atoms with Gasteiger partial charge in [0.25, 0.3) is 0 Å². The lowest BCUT2D eigenvalue weighted by Crippen LogP contribution is -2.76. The van der Waals surface area contributed by atoms with Crippen molar-refractivity contribution in [3.05, 3.63) is 23.3 Å². The predicted molar refractivity (Wildman–Crippen MR) is 94.7 cm³/mol. The SMILES string of the molecule is COc1ccc2c3c1OC1C(=O)CC[C@@]4(O)[C@@H](C2)N(CC2CC2)CC[C@]314. The van der Waals surface area contributed by atoms with Crippen LogP contribution >= 0.6 is 0 Å². The fourth-order valence-electron chi connectivity index (χ4n) is 6.41. The van der Waals surface area contributed by atoms with Gasteiger partial charge in [0.2, 0.25) is 0 Å². The van der Waals surface area contributed by atoms with Crippen molar-refractivity contribution in [1.82, 2.24) is 4.90 Å². The van der Waals surface area contributed by atoms with Crippen LogP contribution in [0.5, 0.6) is 11.5 Å². The molecule has 0 amide bonds. The fraction of sp³-hybridized carbons (Fsp3) is 0.667. The molecule has 4 atom stereocenters. The molecular weight excluding hydrogens is 330 g/mol. The molecule has 5 nitrogen and oxygen atoms in total. The predicted octanol–water partition coefficient (Wildman–Crippen LogP) is 1.83. The molecule has 5 aliphatic rings. The summed E-state index contributed by atoms with van der Waals surface area (Å²) in [4.78, 5) is 15.4. The molecule has 2 bridgehead atoms. The van der Waals surface area contributed by atoms with Gasteiger partial charge in [0, 0.05) is 24.6 Å². The van der Waals surface area contributed by atoms with Gasteiger partial charge in [-0.3, -0.25) is 9.69 Å². The normalized spacial score (nSPS) is 40.2. The van der Waals surface area contributed by atoms with Gasteiger partial charge in [-0.05, 0) is 56.2 Å². The molecule has 6 rings (SSSR count). The van der Waals surface area contributed by atoms with Crippen LogP contribution in [0.15, 0.2) is 12.1 Å². The van der Waals surface area contributed by atoms with Crippen LogP contribution in [0.25, 0.3) is 0 Å². The summed E-state index contributed by atoms with van der Waals surface area (Å²) in [5.74, 6) is 2.32. The average molecular weight is 355 g/mol. The molecule has 2 saturated carbocycles. The van der Waals surface area contributed by atoms with Crippen LogP contribution in [0, 0.1) is 5.92 Å². The number of carbonyl (C=O) groups is 1. The Morgan fingerprint density at radius 1 is 1.35 bits per heavy atom. The number of ether oxygens (including phenoxy) is 2. The first-order valence-electron chi connectivity index (χ1n) is 9.94. The van der Waals surface area contributed by atoms with Crippen molar-refractivity contribution in [2.45, 2.75) is 61.7 Å². The minimum atomic E-state index is -0.886. The van der Waals surface area contributed by atoms with Crippen molar-refractivity contribution in [3.8, 4) is 11.5 Å². The number of hydrogen-bond donors (Lipinski definition) is 1. The lowest BCUT2D eigenvalue weighted by molar-refractivity contribution is -0.188. The highest BCUT2D eigenvalue weighted by molar-refractivity contribution is 5.90. The van der Waals surface area contributed by atoms with Gasteiger partial charge in [0.1, 0.15) is 0 Å². The van der Waals surface area contributed by atoms with E-state index >= 15 is 0 Å². The topological polar surface area (TPSA) is 59.0 Å². The van der Waals surface area contributed by atoms with Crippen LogP contribution in [0.3, 0.4) is 0 Å². The second-order valence-corrected chi connectivity index (χ2v) is 8.90. The third-order valence-corrected chi connectivity index (χ3v) is 7.76. The Bertz CT molecular complexity index is 818. The zero-order valence-electron chi connectivity index (χ0n) is 15.2.